The van der Waals surface area contributed by atoms with Crippen LogP contribution in [0.1, 0.15) is 34.8 Å². The van der Waals surface area contributed by atoms with Crippen LogP contribution in [0.25, 0.3) is 0 Å². The predicted octanol–water partition coefficient (Wildman–Crippen LogP) is 1.39. The second-order valence-corrected chi connectivity index (χ2v) is 3.89. The van der Waals surface area contributed by atoms with Crippen LogP contribution in [0, 0.1) is 11.8 Å². The standard InChI is InChI=1S/C12H18O4/c13-7-3-1-2-4-10-9(8-12(15)16)5-6-11(10)14/h1-2,9-10,13H,3-8H2,(H,15,16)/b2-1-/t9-,10-/m1/s1/i8D2. The lowest BCUT2D eigenvalue weighted by atomic mass is 9.89. The predicted molar refractivity (Wildman–Crippen MR) is 58.9 cm³/mol. The largest absolute Gasteiger partial charge is 0.481 e. The van der Waals surface area contributed by atoms with Crippen molar-refractivity contribution in [3.63, 3.8) is 0 Å². The van der Waals surface area contributed by atoms with E-state index in [4.69, 9.17) is 13.0 Å². The van der Waals surface area contributed by atoms with Crippen molar-refractivity contribution in [2.24, 2.45) is 11.8 Å². The highest BCUT2D eigenvalue weighted by atomic mass is 16.4. The Balaban J connectivity index is 2.73. The van der Waals surface area contributed by atoms with Crippen LogP contribution in [0.2, 0.25) is 0 Å². The van der Waals surface area contributed by atoms with E-state index in [0.29, 0.717) is 12.8 Å². The third-order valence-electron chi connectivity index (χ3n) is 2.76. The maximum absolute atomic E-state index is 11.7. The fourth-order valence-electron chi connectivity index (χ4n) is 1.97. The minimum atomic E-state index is -2.36. The molecule has 1 aliphatic rings. The zero-order valence-electron chi connectivity index (χ0n) is 11.1. The van der Waals surface area contributed by atoms with Gasteiger partial charge in [0.2, 0.25) is 0 Å². The maximum atomic E-state index is 11.7. The maximum Gasteiger partial charge on any atom is 0.303 e. The van der Waals surface area contributed by atoms with Crippen LogP contribution in [0.4, 0.5) is 0 Å². The van der Waals surface area contributed by atoms with E-state index in [1.807, 2.05) is 0 Å². The van der Waals surface area contributed by atoms with Crippen LogP contribution in [0.5, 0.6) is 0 Å². The molecule has 4 nitrogen and oxygen atoms in total. The molecule has 0 spiro atoms. The molecule has 0 aliphatic heterocycles. The molecular weight excluding hydrogens is 208 g/mol. The van der Waals surface area contributed by atoms with Gasteiger partial charge in [-0.1, -0.05) is 12.2 Å². The second kappa shape index (κ2) is 6.43. The van der Waals surface area contributed by atoms with Crippen molar-refractivity contribution < 1.29 is 22.5 Å². The van der Waals surface area contributed by atoms with Gasteiger partial charge in [-0.2, -0.15) is 0 Å². The van der Waals surface area contributed by atoms with E-state index in [1.165, 1.54) is 0 Å². The number of carbonyl (C=O) groups excluding carboxylic acids is 1. The molecule has 1 aliphatic carbocycles. The number of carbonyl (C=O) groups is 2. The number of rotatable bonds is 6. The van der Waals surface area contributed by atoms with Gasteiger partial charge in [0.1, 0.15) is 5.78 Å². The summed E-state index contributed by atoms with van der Waals surface area (Å²) in [5, 5.41) is 17.5. The fraction of sp³-hybridized carbons (Fsp3) is 0.667. The Morgan fingerprint density at radius 3 is 2.94 bits per heavy atom. The summed E-state index contributed by atoms with van der Waals surface area (Å²) in [7, 11) is 0. The normalized spacial score (nSPS) is 28.2. The lowest BCUT2D eigenvalue weighted by Crippen LogP contribution is -2.17. The molecule has 0 aromatic heterocycles. The first-order valence-electron chi connectivity index (χ1n) is 6.43. The van der Waals surface area contributed by atoms with Gasteiger partial charge in [0.25, 0.3) is 0 Å². The van der Waals surface area contributed by atoms with Gasteiger partial charge >= 0.3 is 5.97 Å². The van der Waals surface area contributed by atoms with Crippen molar-refractivity contribution in [1.29, 1.82) is 0 Å². The fourth-order valence-corrected chi connectivity index (χ4v) is 1.97. The van der Waals surface area contributed by atoms with Gasteiger partial charge in [0, 0.05) is 28.1 Å². The Kier molecular flexibility index (Phi) is 4.03. The summed E-state index contributed by atoms with van der Waals surface area (Å²) in [5.74, 6) is -2.90. The van der Waals surface area contributed by atoms with Crippen molar-refractivity contribution in [1.82, 2.24) is 0 Å². The third kappa shape index (κ3) is 3.77. The highest BCUT2D eigenvalue weighted by molar-refractivity contribution is 5.84. The Labute approximate surface area is 97.8 Å². The first kappa shape index (κ1) is 10.0. The molecule has 1 fully saturated rings. The number of aliphatic carboxylic acids is 1. The minimum absolute atomic E-state index is 0.0223. The third-order valence-corrected chi connectivity index (χ3v) is 2.76. The second-order valence-electron chi connectivity index (χ2n) is 3.89. The summed E-state index contributed by atoms with van der Waals surface area (Å²) in [6.07, 6.45) is 2.44. The number of hydrogen-bond donors (Lipinski definition) is 2. The van der Waals surface area contributed by atoms with Gasteiger partial charge in [0.15, 0.2) is 0 Å². The molecule has 0 aromatic rings. The summed E-state index contributed by atoms with van der Waals surface area (Å²) in [4.78, 5) is 22.6. The summed E-state index contributed by atoms with van der Waals surface area (Å²) in [6, 6.07) is 0. The molecule has 0 heterocycles. The molecule has 2 atom stereocenters. The van der Waals surface area contributed by atoms with Crippen molar-refractivity contribution in [3.05, 3.63) is 12.2 Å². The van der Waals surface area contributed by atoms with Crippen molar-refractivity contribution in [2.45, 2.75) is 32.1 Å². The van der Waals surface area contributed by atoms with Crippen molar-refractivity contribution >= 4 is 11.8 Å². The monoisotopic (exact) mass is 228 g/mol. The zero-order valence-corrected chi connectivity index (χ0v) is 9.06. The molecule has 2 N–H and O–H groups in total. The van der Waals surface area contributed by atoms with Crippen molar-refractivity contribution in [3.8, 4) is 0 Å². The van der Waals surface area contributed by atoms with Gasteiger partial charge in [-0.3, -0.25) is 9.59 Å². The van der Waals surface area contributed by atoms with E-state index in [2.05, 4.69) is 0 Å². The molecule has 1 saturated carbocycles. The number of carboxylic acid groups (broad SMARTS) is 1. The molecule has 0 aromatic carbocycles. The van der Waals surface area contributed by atoms with E-state index < -0.39 is 24.2 Å². The quantitative estimate of drug-likeness (QED) is 0.673. The molecule has 0 unspecified atom stereocenters. The number of Topliss-reactive ketones (excluding diaryl/α,β-unsaturated/α-hetero) is 1. The summed E-state index contributed by atoms with van der Waals surface area (Å²) in [5.41, 5.74) is 0. The molecule has 0 radical (unpaired) electrons. The van der Waals surface area contributed by atoms with Crippen LogP contribution in [-0.2, 0) is 9.59 Å². The molecule has 0 amide bonds. The smallest absolute Gasteiger partial charge is 0.303 e. The van der Waals surface area contributed by atoms with Crippen LogP contribution in [0.15, 0.2) is 12.2 Å². The molecule has 0 bridgehead atoms. The summed E-state index contributed by atoms with van der Waals surface area (Å²) < 4.78 is 15.1. The number of ketones is 1. The molecular formula is C12H18O4. The van der Waals surface area contributed by atoms with Gasteiger partial charge in [0.05, 0.1) is 0 Å². The van der Waals surface area contributed by atoms with E-state index in [-0.39, 0.29) is 25.2 Å². The van der Waals surface area contributed by atoms with Gasteiger partial charge in [-0.05, 0) is 25.2 Å². The van der Waals surface area contributed by atoms with Crippen LogP contribution in [-0.4, -0.2) is 28.6 Å². The molecule has 90 valence electrons. The number of aliphatic hydroxyl groups is 1. The molecule has 1 rings (SSSR count). The average molecular weight is 228 g/mol. The average Bonchev–Trinajstić information content (AvgIpc) is 2.67. The van der Waals surface area contributed by atoms with E-state index in [9.17, 15) is 9.59 Å². The van der Waals surface area contributed by atoms with Gasteiger partial charge in [-0.25, -0.2) is 0 Å². The first-order chi connectivity index (χ1) is 8.41. The summed E-state index contributed by atoms with van der Waals surface area (Å²) >= 11 is 0. The highest BCUT2D eigenvalue weighted by Crippen LogP contribution is 2.33. The van der Waals surface area contributed by atoms with Gasteiger partial charge < -0.3 is 10.2 Å². The lowest BCUT2D eigenvalue weighted by Gasteiger charge is -2.14. The van der Waals surface area contributed by atoms with Crippen LogP contribution < -0.4 is 0 Å². The van der Waals surface area contributed by atoms with Gasteiger partial charge in [-0.15, -0.1) is 0 Å². The molecule has 16 heavy (non-hydrogen) atoms. The zero-order chi connectivity index (χ0) is 13.8. The Hall–Kier alpha value is -1.16. The Bertz CT molecular complexity index is 352. The topological polar surface area (TPSA) is 74.6 Å². The highest BCUT2D eigenvalue weighted by Gasteiger charge is 2.34. The first-order valence-corrected chi connectivity index (χ1v) is 5.43. The number of allylic oxidation sites excluding steroid dienone is 1. The van der Waals surface area contributed by atoms with E-state index >= 15 is 0 Å². The summed E-state index contributed by atoms with van der Waals surface area (Å²) in [6.45, 7) is 0.0223. The Morgan fingerprint density at radius 1 is 1.56 bits per heavy atom. The Morgan fingerprint density at radius 2 is 2.31 bits per heavy atom. The number of carboxylic acids is 1. The minimum Gasteiger partial charge on any atom is -0.481 e. The number of hydrogen-bond acceptors (Lipinski definition) is 3. The van der Waals surface area contributed by atoms with Crippen molar-refractivity contribution in [2.75, 3.05) is 6.61 Å². The molecule has 4 heteroatoms. The number of aliphatic hydroxyl groups excluding tert-OH is 1. The van der Waals surface area contributed by atoms with E-state index in [0.717, 1.165) is 0 Å². The van der Waals surface area contributed by atoms with E-state index in [1.54, 1.807) is 12.2 Å². The molecule has 0 saturated heterocycles. The van der Waals surface area contributed by atoms with Crippen LogP contribution in [0.3, 0.4) is 0 Å². The lowest BCUT2D eigenvalue weighted by molar-refractivity contribution is -0.138. The SMILES string of the molecule is [2H]C([2H])(C(=O)O)[C@H]1CCC(=O)[C@@H]1C/C=C\CCO. The van der Waals surface area contributed by atoms with Crippen LogP contribution >= 0.6 is 0 Å².